The number of nitrogens with zero attached hydrogens (tertiary/aromatic N) is 1. The summed E-state index contributed by atoms with van der Waals surface area (Å²) in [5, 5.41) is 17.0. The first-order valence-corrected chi connectivity index (χ1v) is 10.1. The Bertz CT molecular complexity index is 1240. The Morgan fingerprint density at radius 1 is 1.28 bits per heavy atom. The van der Waals surface area contributed by atoms with E-state index < -0.39 is 11.3 Å². The van der Waals surface area contributed by atoms with Crippen molar-refractivity contribution in [1.82, 2.24) is 5.32 Å². The van der Waals surface area contributed by atoms with Gasteiger partial charge in [-0.1, -0.05) is 12.1 Å². The average molecular weight is 407 g/mol. The molecular weight excluding hydrogens is 386 g/mol. The van der Waals surface area contributed by atoms with Gasteiger partial charge in [0.05, 0.1) is 10.9 Å². The molecule has 0 radical (unpaired) electrons. The van der Waals surface area contributed by atoms with Gasteiger partial charge in [-0.2, -0.15) is 5.26 Å². The maximum absolute atomic E-state index is 12.9. The van der Waals surface area contributed by atoms with Crippen LogP contribution in [0.5, 0.6) is 0 Å². The molecule has 2 aromatic heterocycles. The number of carbonyl (C=O) groups excluding carboxylic acids is 1. The molecule has 7 heteroatoms. The number of hydrogen-bond donors (Lipinski definition) is 2. The van der Waals surface area contributed by atoms with Gasteiger partial charge in [0.1, 0.15) is 28.5 Å². The smallest absolute Gasteiger partial charge is 0.263 e. The second-order valence-corrected chi connectivity index (χ2v) is 9.49. The number of para-hydroxylation sites is 1. The lowest BCUT2D eigenvalue weighted by atomic mass is 9.81. The first-order valence-electron chi connectivity index (χ1n) is 9.30. The van der Waals surface area contributed by atoms with Crippen molar-refractivity contribution in [2.24, 2.45) is 0 Å². The summed E-state index contributed by atoms with van der Waals surface area (Å²) in [6.07, 6.45) is 1.85. The van der Waals surface area contributed by atoms with Crippen LogP contribution in [0, 0.1) is 11.3 Å². The average Bonchev–Trinajstić information content (AvgIpc) is 2.98. The predicted molar refractivity (Wildman–Crippen MR) is 113 cm³/mol. The number of carbonyl (C=O) groups is 1. The summed E-state index contributed by atoms with van der Waals surface area (Å²) in [5.41, 5.74) is 0.845. The van der Waals surface area contributed by atoms with Crippen molar-refractivity contribution >= 4 is 33.2 Å². The van der Waals surface area contributed by atoms with Gasteiger partial charge in [0.2, 0.25) is 5.43 Å². The number of amides is 1. The van der Waals surface area contributed by atoms with Gasteiger partial charge in [-0.25, -0.2) is 0 Å². The number of fused-ring (bicyclic) bond motifs is 2. The predicted octanol–water partition coefficient (Wildman–Crippen LogP) is 4.14. The highest BCUT2D eigenvalue weighted by Crippen LogP contribution is 2.44. The number of nitrogens with one attached hydrogen (secondary N) is 2. The molecule has 1 amide bonds. The number of benzene rings is 1. The number of hydrogen-bond acceptors (Lipinski definition) is 6. The van der Waals surface area contributed by atoms with Gasteiger partial charge in [0, 0.05) is 16.0 Å². The van der Waals surface area contributed by atoms with Crippen molar-refractivity contribution in [3.05, 3.63) is 62.3 Å². The summed E-state index contributed by atoms with van der Waals surface area (Å²) in [5.74, 6) is -0.579. The molecule has 3 heterocycles. The quantitative estimate of drug-likeness (QED) is 0.666. The zero-order valence-corrected chi connectivity index (χ0v) is 17.5. The summed E-state index contributed by atoms with van der Waals surface area (Å²) in [7, 11) is 0. The number of anilines is 1. The van der Waals surface area contributed by atoms with Crippen molar-refractivity contribution in [3.63, 3.8) is 0 Å². The molecule has 0 bridgehead atoms. The van der Waals surface area contributed by atoms with Crippen LogP contribution in [0.3, 0.4) is 0 Å². The third-order valence-electron chi connectivity index (χ3n) is 5.11. The Morgan fingerprint density at radius 2 is 2.00 bits per heavy atom. The van der Waals surface area contributed by atoms with Gasteiger partial charge < -0.3 is 15.1 Å². The molecule has 4 rings (SSSR count). The zero-order valence-electron chi connectivity index (χ0n) is 16.7. The van der Waals surface area contributed by atoms with Crippen molar-refractivity contribution in [1.29, 1.82) is 5.26 Å². The maximum atomic E-state index is 12.9. The summed E-state index contributed by atoms with van der Waals surface area (Å²) in [6, 6.07) is 9.03. The molecule has 0 atom stereocenters. The SMILES string of the molecule is CC1(C)Cc2c(sc(NC(=O)c3coc4ccccc4c3=O)c2C#N)C(C)(C)N1. The summed E-state index contributed by atoms with van der Waals surface area (Å²) in [6.45, 7) is 8.31. The second-order valence-electron chi connectivity index (χ2n) is 8.47. The molecule has 1 aliphatic rings. The van der Waals surface area contributed by atoms with E-state index in [9.17, 15) is 14.9 Å². The highest BCUT2D eigenvalue weighted by atomic mass is 32.1. The van der Waals surface area contributed by atoms with Crippen LogP contribution in [0.1, 0.15) is 54.1 Å². The first kappa shape index (κ1) is 19.4. The third kappa shape index (κ3) is 3.24. The molecule has 29 heavy (non-hydrogen) atoms. The summed E-state index contributed by atoms with van der Waals surface area (Å²) < 4.78 is 5.45. The Labute approximate surface area is 172 Å². The molecule has 0 saturated heterocycles. The Kier molecular flexibility index (Phi) is 4.37. The van der Waals surface area contributed by atoms with E-state index in [0.717, 1.165) is 10.4 Å². The van der Waals surface area contributed by atoms with Gasteiger partial charge >= 0.3 is 0 Å². The minimum absolute atomic E-state index is 0.0864. The van der Waals surface area contributed by atoms with Crippen LogP contribution in [-0.2, 0) is 12.0 Å². The molecule has 0 aliphatic carbocycles. The van der Waals surface area contributed by atoms with Gasteiger partial charge in [-0.05, 0) is 51.8 Å². The van der Waals surface area contributed by atoms with E-state index in [1.165, 1.54) is 17.6 Å². The molecule has 1 aromatic carbocycles. The zero-order chi connectivity index (χ0) is 21.0. The van der Waals surface area contributed by atoms with E-state index in [0.29, 0.717) is 28.0 Å². The lowest BCUT2D eigenvalue weighted by Crippen LogP contribution is -2.54. The summed E-state index contributed by atoms with van der Waals surface area (Å²) >= 11 is 1.38. The van der Waals surface area contributed by atoms with E-state index in [2.05, 4.69) is 44.4 Å². The number of nitriles is 1. The first-order chi connectivity index (χ1) is 13.6. The third-order valence-corrected chi connectivity index (χ3v) is 6.58. The largest absolute Gasteiger partial charge is 0.463 e. The molecule has 148 valence electrons. The number of rotatable bonds is 2. The molecule has 2 N–H and O–H groups in total. The van der Waals surface area contributed by atoms with Gasteiger partial charge in [-0.15, -0.1) is 11.3 Å². The lowest BCUT2D eigenvalue weighted by Gasteiger charge is -2.42. The monoisotopic (exact) mass is 407 g/mol. The molecule has 0 unspecified atom stereocenters. The molecule has 0 saturated carbocycles. The van der Waals surface area contributed by atoms with Gasteiger partial charge in [0.15, 0.2) is 0 Å². The maximum Gasteiger partial charge on any atom is 0.263 e. The van der Waals surface area contributed by atoms with Crippen LogP contribution < -0.4 is 16.1 Å². The fraction of sp³-hybridized carbons (Fsp3) is 0.318. The Hall–Kier alpha value is -2.95. The minimum Gasteiger partial charge on any atom is -0.463 e. The number of thiophene rings is 1. The van der Waals surface area contributed by atoms with E-state index in [4.69, 9.17) is 4.42 Å². The minimum atomic E-state index is -0.579. The van der Waals surface area contributed by atoms with Crippen molar-refractivity contribution < 1.29 is 9.21 Å². The van der Waals surface area contributed by atoms with Crippen LogP contribution in [0.4, 0.5) is 5.00 Å². The fourth-order valence-corrected chi connectivity index (χ4v) is 5.36. The Morgan fingerprint density at radius 3 is 2.72 bits per heavy atom. The highest BCUT2D eigenvalue weighted by Gasteiger charge is 2.40. The van der Waals surface area contributed by atoms with Crippen LogP contribution in [0.2, 0.25) is 0 Å². The van der Waals surface area contributed by atoms with Gasteiger partial charge in [0.25, 0.3) is 5.91 Å². The standard InChI is InChI=1S/C22H21N3O3S/c1-21(2)9-13-14(10-23)20(29-18(13)22(3,4)25-21)24-19(27)15-11-28-16-8-6-5-7-12(16)17(15)26/h5-8,11,25H,9H2,1-4H3,(H,24,27). The normalized spacial score (nSPS) is 16.8. The molecule has 6 nitrogen and oxygen atoms in total. The topological polar surface area (TPSA) is 95.1 Å². The van der Waals surface area contributed by atoms with E-state index >= 15 is 0 Å². The van der Waals surface area contributed by atoms with Crippen molar-refractivity contribution in [2.45, 2.75) is 45.2 Å². The van der Waals surface area contributed by atoms with Crippen LogP contribution in [0.25, 0.3) is 11.0 Å². The molecular formula is C22H21N3O3S. The van der Waals surface area contributed by atoms with Crippen LogP contribution in [-0.4, -0.2) is 11.4 Å². The summed E-state index contributed by atoms with van der Waals surface area (Å²) in [4.78, 5) is 26.6. The molecule has 3 aromatic rings. The molecule has 0 spiro atoms. The van der Waals surface area contributed by atoms with E-state index in [-0.39, 0.29) is 16.6 Å². The van der Waals surface area contributed by atoms with E-state index in [1.54, 1.807) is 24.3 Å². The molecule has 1 aliphatic heterocycles. The molecule has 0 fully saturated rings. The lowest BCUT2D eigenvalue weighted by molar-refractivity contribution is 0.102. The van der Waals surface area contributed by atoms with E-state index in [1.807, 2.05) is 0 Å². The van der Waals surface area contributed by atoms with Gasteiger partial charge in [-0.3, -0.25) is 9.59 Å². The fourth-order valence-electron chi connectivity index (χ4n) is 4.14. The second kappa shape index (κ2) is 6.55. The Balaban J connectivity index is 1.76. The van der Waals surface area contributed by atoms with Crippen LogP contribution >= 0.6 is 11.3 Å². The van der Waals surface area contributed by atoms with Crippen molar-refractivity contribution in [2.75, 3.05) is 5.32 Å². The van der Waals surface area contributed by atoms with Crippen molar-refractivity contribution in [3.8, 4) is 6.07 Å². The highest BCUT2D eigenvalue weighted by molar-refractivity contribution is 7.17. The van der Waals surface area contributed by atoms with Crippen LogP contribution in [0.15, 0.2) is 39.7 Å².